The number of fused-ring (bicyclic) bond motifs is 1. The Labute approximate surface area is 140 Å². The van der Waals surface area contributed by atoms with Gasteiger partial charge in [-0.2, -0.15) is 4.31 Å². The Morgan fingerprint density at radius 2 is 1.96 bits per heavy atom. The maximum absolute atomic E-state index is 12.7. The Morgan fingerprint density at radius 3 is 2.62 bits per heavy atom. The Balaban J connectivity index is 1.83. The zero-order valence-corrected chi connectivity index (χ0v) is 14.4. The Kier molecular flexibility index (Phi) is 4.37. The number of sulfonamides is 1. The minimum atomic E-state index is -3.63. The van der Waals surface area contributed by atoms with Crippen LogP contribution in [0.2, 0.25) is 0 Å². The van der Waals surface area contributed by atoms with E-state index in [1.807, 2.05) is 19.1 Å². The van der Waals surface area contributed by atoms with Crippen molar-refractivity contribution in [3.05, 3.63) is 41.5 Å². The molecule has 0 bridgehead atoms. The third-order valence-electron chi connectivity index (χ3n) is 4.06. The van der Waals surface area contributed by atoms with Gasteiger partial charge in [-0.1, -0.05) is 19.1 Å². The fourth-order valence-electron chi connectivity index (χ4n) is 2.58. The molecule has 0 aliphatic carbocycles. The number of amides is 1. The lowest BCUT2D eigenvalue weighted by Gasteiger charge is -2.19. The van der Waals surface area contributed by atoms with Gasteiger partial charge in [0.25, 0.3) is 5.91 Å². The van der Waals surface area contributed by atoms with Crippen molar-refractivity contribution >= 4 is 15.9 Å². The first-order valence-electron chi connectivity index (χ1n) is 7.69. The van der Waals surface area contributed by atoms with Crippen LogP contribution in [0.5, 0.6) is 0 Å². The quantitative estimate of drug-likeness (QED) is 0.843. The highest BCUT2D eigenvalue weighted by atomic mass is 32.2. The molecule has 0 unspecified atom stereocenters. The molecular formula is C15H19N5O3S. The lowest BCUT2D eigenvalue weighted by molar-refractivity contribution is 0.0920. The Bertz CT molecular complexity index is 858. The highest BCUT2D eigenvalue weighted by Gasteiger charge is 2.26. The molecule has 2 heterocycles. The zero-order chi connectivity index (χ0) is 17.3. The van der Waals surface area contributed by atoms with E-state index < -0.39 is 10.0 Å². The summed E-state index contributed by atoms with van der Waals surface area (Å²) in [4.78, 5) is 11.9. The van der Waals surface area contributed by atoms with Gasteiger partial charge in [0.2, 0.25) is 15.8 Å². The molecule has 24 heavy (non-hydrogen) atoms. The molecule has 0 atom stereocenters. The van der Waals surface area contributed by atoms with Gasteiger partial charge in [0.15, 0.2) is 0 Å². The first-order chi connectivity index (χ1) is 11.4. The SMILES string of the molecule is CCc1ccc(S(=O)(=O)N(C)Cc2nnc3n2CCNC3=O)cc1. The molecule has 1 aliphatic rings. The molecule has 128 valence electrons. The smallest absolute Gasteiger partial charge is 0.289 e. The second-order valence-corrected chi connectivity index (χ2v) is 7.65. The zero-order valence-electron chi connectivity index (χ0n) is 13.6. The summed E-state index contributed by atoms with van der Waals surface area (Å²) in [6.07, 6.45) is 0.851. The van der Waals surface area contributed by atoms with E-state index >= 15 is 0 Å². The molecule has 8 nitrogen and oxygen atoms in total. The van der Waals surface area contributed by atoms with Crippen molar-refractivity contribution in [2.75, 3.05) is 13.6 Å². The van der Waals surface area contributed by atoms with E-state index in [2.05, 4.69) is 15.5 Å². The molecule has 0 fully saturated rings. The molecule has 1 amide bonds. The average molecular weight is 349 g/mol. The van der Waals surface area contributed by atoms with Crippen LogP contribution in [0.4, 0.5) is 0 Å². The van der Waals surface area contributed by atoms with E-state index in [0.29, 0.717) is 18.9 Å². The number of carbonyl (C=O) groups excluding carboxylic acids is 1. The number of nitrogens with zero attached hydrogens (tertiary/aromatic N) is 4. The summed E-state index contributed by atoms with van der Waals surface area (Å²) in [5, 5.41) is 10.5. The normalized spacial score (nSPS) is 14.5. The summed E-state index contributed by atoms with van der Waals surface area (Å²) < 4.78 is 28.2. The van der Waals surface area contributed by atoms with Gasteiger partial charge in [-0.05, 0) is 24.1 Å². The summed E-state index contributed by atoms with van der Waals surface area (Å²) in [5.74, 6) is 0.381. The minimum Gasteiger partial charge on any atom is -0.348 e. The van der Waals surface area contributed by atoms with Crippen molar-refractivity contribution in [3.63, 3.8) is 0 Å². The lowest BCUT2D eigenvalue weighted by atomic mass is 10.2. The number of aryl methyl sites for hydroxylation is 1. The summed E-state index contributed by atoms with van der Waals surface area (Å²) in [7, 11) is -2.13. The van der Waals surface area contributed by atoms with Gasteiger partial charge in [0.05, 0.1) is 11.4 Å². The number of nitrogens with one attached hydrogen (secondary N) is 1. The van der Waals surface area contributed by atoms with Crippen LogP contribution in [0.15, 0.2) is 29.2 Å². The number of aromatic nitrogens is 3. The molecule has 0 saturated carbocycles. The van der Waals surface area contributed by atoms with Gasteiger partial charge < -0.3 is 9.88 Å². The fourth-order valence-corrected chi connectivity index (χ4v) is 3.70. The van der Waals surface area contributed by atoms with Gasteiger partial charge >= 0.3 is 0 Å². The number of rotatable bonds is 5. The predicted octanol–water partition coefficient (Wildman–Crippen LogP) is 0.405. The van der Waals surface area contributed by atoms with Crippen molar-refractivity contribution in [3.8, 4) is 0 Å². The van der Waals surface area contributed by atoms with Gasteiger partial charge in [-0.25, -0.2) is 8.42 Å². The third kappa shape index (κ3) is 2.92. The van der Waals surface area contributed by atoms with Gasteiger partial charge in [0.1, 0.15) is 5.82 Å². The van der Waals surface area contributed by atoms with E-state index in [9.17, 15) is 13.2 Å². The largest absolute Gasteiger partial charge is 0.348 e. The first-order valence-corrected chi connectivity index (χ1v) is 9.13. The number of benzene rings is 1. The maximum Gasteiger partial charge on any atom is 0.289 e. The van der Waals surface area contributed by atoms with Crippen molar-refractivity contribution < 1.29 is 13.2 Å². The average Bonchev–Trinajstić information content (AvgIpc) is 2.99. The van der Waals surface area contributed by atoms with Crippen LogP contribution in [0.1, 0.15) is 28.9 Å². The van der Waals surface area contributed by atoms with Crippen LogP contribution in [0.25, 0.3) is 0 Å². The molecule has 9 heteroatoms. The summed E-state index contributed by atoms with van der Waals surface area (Å²) >= 11 is 0. The third-order valence-corrected chi connectivity index (χ3v) is 5.87. The van der Waals surface area contributed by atoms with E-state index in [-0.39, 0.29) is 23.2 Å². The monoisotopic (exact) mass is 349 g/mol. The second-order valence-electron chi connectivity index (χ2n) is 5.61. The summed E-state index contributed by atoms with van der Waals surface area (Å²) in [6.45, 7) is 3.08. The lowest BCUT2D eigenvalue weighted by Crippen LogP contribution is -2.37. The van der Waals surface area contributed by atoms with Crippen LogP contribution < -0.4 is 5.32 Å². The van der Waals surface area contributed by atoms with Crippen molar-refractivity contribution in [2.24, 2.45) is 0 Å². The summed E-state index contributed by atoms with van der Waals surface area (Å²) in [6, 6.07) is 6.84. The Morgan fingerprint density at radius 1 is 1.25 bits per heavy atom. The van der Waals surface area contributed by atoms with E-state index in [0.717, 1.165) is 12.0 Å². The molecule has 1 aromatic carbocycles. The number of carbonyl (C=O) groups is 1. The second kappa shape index (κ2) is 6.33. The molecule has 2 aromatic rings. The van der Waals surface area contributed by atoms with Crippen LogP contribution >= 0.6 is 0 Å². The van der Waals surface area contributed by atoms with Crippen molar-refractivity contribution in [1.82, 2.24) is 24.4 Å². The van der Waals surface area contributed by atoms with Gasteiger partial charge in [-0.15, -0.1) is 10.2 Å². The highest BCUT2D eigenvalue weighted by molar-refractivity contribution is 7.89. The first kappa shape index (κ1) is 16.6. The topological polar surface area (TPSA) is 97.2 Å². The Hall–Kier alpha value is -2.26. The highest BCUT2D eigenvalue weighted by Crippen LogP contribution is 2.18. The molecule has 3 rings (SSSR count). The van der Waals surface area contributed by atoms with E-state index in [1.165, 1.54) is 11.4 Å². The molecule has 0 radical (unpaired) electrons. The standard InChI is InChI=1S/C15H19N5O3S/c1-3-11-4-6-12(7-5-11)24(22,23)19(2)10-13-17-18-14-15(21)16-8-9-20(13)14/h4-7H,3,8-10H2,1-2H3,(H,16,21). The molecule has 1 N–H and O–H groups in total. The van der Waals surface area contributed by atoms with Crippen LogP contribution in [-0.2, 0) is 29.5 Å². The molecule has 1 aromatic heterocycles. The van der Waals surface area contributed by atoms with Crippen LogP contribution in [0.3, 0.4) is 0 Å². The van der Waals surface area contributed by atoms with Crippen LogP contribution in [0, 0.1) is 0 Å². The van der Waals surface area contributed by atoms with E-state index in [1.54, 1.807) is 16.7 Å². The fraction of sp³-hybridized carbons (Fsp3) is 0.400. The van der Waals surface area contributed by atoms with Crippen molar-refractivity contribution in [1.29, 1.82) is 0 Å². The molecule has 0 saturated heterocycles. The predicted molar refractivity (Wildman–Crippen MR) is 86.8 cm³/mol. The number of hydrogen-bond acceptors (Lipinski definition) is 5. The molecule has 1 aliphatic heterocycles. The van der Waals surface area contributed by atoms with Crippen LogP contribution in [-0.4, -0.2) is 47.0 Å². The minimum absolute atomic E-state index is 0.0537. The molecule has 0 spiro atoms. The summed E-state index contributed by atoms with van der Waals surface area (Å²) in [5.41, 5.74) is 1.08. The van der Waals surface area contributed by atoms with Crippen molar-refractivity contribution in [2.45, 2.75) is 31.3 Å². The van der Waals surface area contributed by atoms with Gasteiger partial charge in [-0.3, -0.25) is 4.79 Å². The maximum atomic E-state index is 12.7. The van der Waals surface area contributed by atoms with Gasteiger partial charge in [0, 0.05) is 20.1 Å². The van der Waals surface area contributed by atoms with E-state index in [4.69, 9.17) is 0 Å². The molecular weight excluding hydrogens is 330 g/mol. The number of hydrogen-bond donors (Lipinski definition) is 1.